The Morgan fingerprint density at radius 1 is 1.57 bits per heavy atom. The van der Waals surface area contributed by atoms with Gasteiger partial charge in [0.2, 0.25) is 0 Å². The zero-order chi connectivity index (χ0) is 6.28. The quantitative estimate of drug-likeness (QED) is 0.637. The second-order valence-electron chi connectivity index (χ2n) is 1.10. The third kappa shape index (κ3) is 1030. The molecule has 41 valence electrons. The number of carboxylic acid groups (broad SMARTS) is 1. The van der Waals surface area contributed by atoms with Crippen molar-refractivity contribution in [1.29, 1.82) is 0 Å². The Labute approximate surface area is 55.3 Å². The average molecular weight is 205 g/mol. The van der Waals surface area contributed by atoms with Gasteiger partial charge in [-0.25, -0.2) is 0 Å². The van der Waals surface area contributed by atoms with Crippen LogP contribution in [0, 0.1) is 0 Å². The Morgan fingerprint density at radius 2 is 1.57 bits per heavy atom. The molecule has 0 aromatic carbocycles. The summed E-state index contributed by atoms with van der Waals surface area (Å²) in [6, 6.07) is 0. The van der Waals surface area contributed by atoms with Crippen molar-refractivity contribution in [2.75, 3.05) is 0 Å². The second kappa shape index (κ2) is 9.60. The molecule has 0 heterocycles. The van der Waals surface area contributed by atoms with E-state index in [0.717, 1.165) is 6.92 Å². The first-order valence-electron chi connectivity index (χ1n) is 2.08. The first kappa shape index (κ1) is 10.3. The van der Waals surface area contributed by atoms with E-state index in [2.05, 4.69) is 9.36 Å². The molecule has 0 saturated carbocycles. The maximum absolute atomic E-state index is 9.00. The number of carboxylic acids is 1. The number of rotatable bonds is 0. The van der Waals surface area contributed by atoms with Gasteiger partial charge in [-0.3, -0.25) is 4.79 Å². The average Bonchev–Trinajstić information content (AvgIpc) is 1.33. The summed E-state index contributed by atoms with van der Waals surface area (Å²) in [5.41, 5.74) is 0. The number of hydrogen-bond acceptors (Lipinski definition) is 1. The minimum atomic E-state index is -0.833. The predicted molar refractivity (Wildman–Crippen MR) is 30.8 cm³/mol. The van der Waals surface area contributed by atoms with Crippen molar-refractivity contribution in [2.24, 2.45) is 0 Å². The zero-order valence-corrected chi connectivity index (χ0v) is 8.23. The van der Waals surface area contributed by atoms with Crippen LogP contribution in [0.3, 0.4) is 0 Å². The minimum absolute atomic E-state index is 0.110. The van der Waals surface area contributed by atoms with Crippen molar-refractivity contribution in [3.63, 3.8) is 0 Å². The van der Waals surface area contributed by atoms with Crippen molar-refractivity contribution in [3.05, 3.63) is 0 Å². The summed E-state index contributed by atoms with van der Waals surface area (Å²) in [6.07, 6.45) is 0. The van der Waals surface area contributed by atoms with Crippen molar-refractivity contribution in [2.45, 2.75) is 16.3 Å². The molecule has 0 bridgehead atoms. The van der Waals surface area contributed by atoms with Crippen molar-refractivity contribution >= 4 is 28.9 Å². The molecule has 0 saturated heterocycles. The van der Waals surface area contributed by atoms with Crippen molar-refractivity contribution in [3.8, 4) is 0 Å². The predicted octanol–water partition coefficient (Wildman–Crippen LogP) is 0.878. The molecule has 0 rings (SSSR count). The Kier molecular flexibility index (Phi) is 14.2. The van der Waals surface area contributed by atoms with Crippen molar-refractivity contribution < 1.29 is 9.90 Å². The van der Waals surface area contributed by atoms with E-state index >= 15 is 0 Å². The van der Waals surface area contributed by atoms with E-state index in [1.165, 1.54) is 0 Å². The molecule has 0 aromatic heterocycles. The maximum atomic E-state index is 9.00. The molecule has 0 atom stereocenters. The van der Waals surface area contributed by atoms with Gasteiger partial charge in [-0.15, -0.1) is 0 Å². The molecule has 0 aromatic rings. The molecule has 0 fully saturated rings. The zero-order valence-electron chi connectivity index (χ0n) is 4.93. The Bertz CT molecular complexity index is 41.0. The van der Waals surface area contributed by atoms with Gasteiger partial charge in [-0.2, -0.15) is 0 Å². The molecule has 0 spiro atoms. The Balaban J connectivity index is 0. The number of carbonyl (C=O) groups is 1. The fourth-order valence-electron chi connectivity index (χ4n) is 0. The Morgan fingerprint density at radius 3 is 1.57 bits per heavy atom. The molecule has 0 unspecified atom stereocenters. The summed E-state index contributed by atoms with van der Waals surface area (Å²) >= 11 is 0.110. The molecular formula is C4H10InO2. The summed E-state index contributed by atoms with van der Waals surface area (Å²) in [7, 11) is 0. The van der Waals surface area contributed by atoms with Gasteiger partial charge in [0.05, 0.1) is 0 Å². The molecule has 0 aliphatic rings. The van der Waals surface area contributed by atoms with Crippen LogP contribution in [-0.2, 0) is 4.79 Å². The summed E-state index contributed by atoms with van der Waals surface area (Å²) < 4.78 is 4.63. The van der Waals surface area contributed by atoms with E-state index in [1.54, 1.807) is 0 Å². The summed E-state index contributed by atoms with van der Waals surface area (Å²) in [4.78, 5) is 9.00. The summed E-state index contributed by atoms with van der Waals surface area (Å²) in [6.45, 7) is 1.08. The Hall–Kier alpha value is 0.340. The van der Waals surface area contributed by atoms with Crippen LogP contribution < -0.4 is 0 Å². The van der Waals surface area contributed by atoms with Crippen LogP contribution in [-0.4, -0.2) is 34.0 Å². The monoisotopic (exact) mass is 205 g/mol. The van der Waals surface area contributed by atoms with Crippen LogP contribution in [0.15, 0.2) is 0 Å². The summed E-state index contributed by atoms with van der Waals surface area (Å²) in [5.74, 6) is -0.833. The molecule has 3 heteroatoms. The normalized spacial score (nSPS) is 5.57. The van der Waals surface area contributed by atoms with E-state index in [0.29, 0.717) is 0 Å². The van der Waals surface area contributed by atoms with Crippen LogP contribution in [0.4, 0.5) is 0 Å². The standard InChI is InChI=1S/C2H4O2.2CH3.In/c1-2(3)4;;;/h1H3,(H,3,4);2*1H3;. The molecule has 1 radical (unpaired) electrons. The van der Waals surface area contributed by atoms with Gasteiger partial charge in [0, 0.05) is 6.92 Å². The van der Waals surface area contributed by atoms with E-state index in [-0.39, 0.29) is 22.9 Å². The van der Waals surface area contributed by atoms with Crippen LogP contribution in [0.5, 0.6) is 0 Å². The van der Waals surface area contributed by atoms with Gasteiger partial charge in [-0.05, 0) is 0 Å². The van der Waals surface area contributed by atoms with Crippen LogP contribution in [0.1, 0.15) is 6.92 Å². The van der Waals surface area contributed by atoms with Crippen molar-refractivity contribution in [1.82, 2.24) is 0 Å². The summed E-state index contributed by atoms with van der Waals surface area (Å²) in [5, 5.41) is 7.42. The SMILES string of the molecule is CC(=O)O.[CH3][In][CH3]. The van der Waals surface area contributed by atoms with Gasteiger partial charge < -0.3 is 5.11 Å². The topological polar surface area (TPSA) is 37.3 Å². The molecule has 0 aliphatic carbocycles. The van der Waals surface area contributed by atoms with Gasteiger partial charge in [-0.1, -0.05) is 0 Å². The van der Waals surface area contributed by atoms with E-state index in [1.807, 2.05) is 0 Å². The van der Waals surface area contributed by atoms with Gasteiger partial charge in [0.15, 0.2) is 0 Å². The van der Waals surface area contributed by atoms with Crippen LogP contribution in [0.25, 0.3) is 0 Å². The van der Waals surface area contributed by atoms with E-state index in [4.69, 9.17) is 9.90 Å². The van der Waals surface area contributed by atoms with E-state index in [9.17, 15) is 0 Å². The van der Waals surface area contributed by atoms with Gasteiger partial charge in [0.25, 0.3) is 5.97 Å². The molecule has 2 nitrogen and oxygen atoms in total. The van der Waals surface area contributed by atoms with Gasteiger partial charge in [0.1, 0.15) is 0 Å². The molecule has 0 amide bonds. The van der Waals surface area contributed by atoms with Crippen LogP contribution >= 0.6 is 0 Å². The second-order valence-corrected chi connectivity index (χ2v) is 4.39. The number of hydrogen-bond donors (Lipinski definition) is 1. The third-order valence-electron chi connectivity index (χ3n) is 0. The number of aliphatic carboxylic acids is 1. The fraction of sp³-hybridized carbons (Fsp3) is 0.750. The molecule has 0 aliphatic heterocycles. The molecular weight excluding hydrogens is 195 g/mol. The molecule has 7 heavy (non-hydrogen) atoms. The van der Waals surface area contributed by atoms with E-state index < -0.39 is 5.97 Å². The fourth-order valence-corrected chi connectivity index (χ4v) is 0. The van der Waals surface area contributed by atoms with Gasteiger partial charge >= 0.3 is 32.3 Å². The molecule has 1 N–H and O–H groups in total. The third-order valence-corrected chi connectivity index (χ3v) is 0. The van der Waals surface area contributed by atoms with Crippen LogP contribution in [0.2, 0.25) is 9.36 Å². The first-order valence-corrected chi connectivity index (χ1v) is 8.67. The first-order chi connectivity index (χ1) is 3.15.